The Balaban J connectivity index is 2.28. The molecule has 4 heteroatoms. The molecule has 0 aliphatic heterocycles. The van der Waals surface area contributed by atoms with Crippen molar-refractivity contribution in [2.75, 3.05) is 12.3 Å². The Morgan fingerprint density at radius 2 is 2.17 bits per heavy atom. The topological polar surface area (TPSA) is 56.2 Å². The summed E-state index contributed by atoms with van der Waals surface area (Å²) in [6, 6.07) is 7.56. The maximum Gasteiger partial charge on any atom is 0.336 e. The molecule has 0 saturated carbocycles. The number of fused-ring (bicyclic) bond motifs is 1. The lowest BCUT2D eigenvalue weighted by atomic mass is 10.1. The van der Waals surface area contributed by atoms with Crippen molar-refractivity contribution in [1.29, 1.82) is 0 Å². The predicted octanol–water partition coefficient (Wildman–Crippen LogP) is 2.68. The van der Waals surface area contributed by atoms with E-state index in [0.29, 0.717) is 12.1 Å². The fraction of sp³-hybridized carbons (Fsp3) is 0.357. The minimum Gasteiger partial charge on any atom is -0.423 e. The highest BCUT2D eigenvalue weighted by atomic mass is 32.2. The van der Waals surface area contributed by atoms with Crippen LogP contribution in [0.2, 0.25) is 0 Å². The quantitative estimate of drug-likeness (QED) is 0.665. The second-order valence-corrected chi connectivity index (χ2v) is 5.39. The zero-order chi connectivity index (χ0) is 13.0. The fourth-order valence-corrected chi connectivity index (χ4v) is 2.80. The van der Waals surface area contributed by atoms with E-state index in [1.807, 2.05) is 25.1 Å². The van der Waals surface area contributed by atoms with E-state index in [-0.39, 0.29) is 5.63 Å². The predicted molar refractivity (Wildman–Crippen MR) is 77.1 cm³/mol. The van der Waals surface area contributed by atoms with Crippen molar-refractivity contribution in [3.8, 4) is 0 Å². The van der Waals surface area contributed by atoms with Crippen LogP contribution in [0.5, 0.6) is 0 Å². The van der Waals surface area contributed by atoms with Crippen LogP contribution in [0.25, 0.3) is 11.0 Å². The van der Waals surface area contributed by atoms with Gasteiger partial charge in [-0.15, -0.1) is 0 Å². The molecule has 0 aliphatic rings. The van der Waals surface area contributed by atoms with Crippen molar-refractivity contribution < 1.29 is 4.42 Å². The summed E-state index contributed by atoms with van der Waals surface area (Å²) in [7, 11) is 0. The van der Waals surface area contributed by atoms with Crippen LogP contribution < -0.4 is 11.4 Å². The van der Waals surface area contributed by atoms with E-state index in [1.54, 1.807) is 17.8 Å². The van der Waals surface area contributed by atoms with Gasteiger partial charge in [-0.3, -0.25) is 0 Å². The maximum atomic E-state index is 11.5. The minimum atomic E-state index is -0.275. The first kappa shape index (κ1) is 13.2. The number of hydrogen-bond donors (Lipinski definition) is 1. The van der Waals surface area contributed by atoms with Crippen LogP contribution in [-0.4, -0.2) is 12.3 Å². The van der Waals surface area contributed by atoms with Gasteiger partial charge < -0.3 is 10.2 Å². The molecule has 2 rings (SSSR count). The first-order valence-electron chi connectivity index (χ1n) is 6.02. The molecule has 2 aromatic rings. The van der Waals surface area contributed by atoms with E-state index >= 15 is 0 Å². The molecular formula is C14H17NO2S. The third-order valence-corrected chi connectivity index (χ3v) is 3.83. The van der Waals surface area contributed by atoms with Gasteiger partial charge in [0.15, 0.2) is 0 Å². The summed E-state index contributed by atoms with van der Waals surface area (Å²) in [5, 5.41) is 1.03. The molecule has 1 aromatic heterocycles. The first-order chi connectivity index (χ1) is 8.70. The number of thioether (sulfide) groups is 1. The summed E-state index contributed by atoms with van der Waals surface area (Å²) in [5.41, 5.74) is 8.00. The zero-order valence-corrected chi connectivity index (χ0v) is 11.3. The summed E-state index contributed by atoms with van der Waals surface area (Å²) >= 11 is 1.80. The smallest absolute Gasteiger partial charge is 0.336 e. The minimum absolute atomic E-state index is 0.275. The third-order valence-electron chi connectivity index (χ3n) is 2.74. The van der Waals surface area contributed by atoms with E-state index in [1.165, 1.54) is 0 Å². The monoisotopic (exact) mass is 263 g/mol. The summed E-state index contributed by atoms with van der Waals surface area (Å²) in [6.45, 7) is 2.70. The Morgan fingerprint density at radius 1 is 1.33 bits per heavy atom. The summed E-state index contributed by atoms with van der Waals surface area (Å²) in [5.74, 6) is 1.84. The van der Waals surface area contributed by atoms with Crippen LogP contribution in [0.4, 0.5) is 0 Å². The van der Waals surface area contributed by atoms with Gasteiger partial charge in [-0.25, -0.2) is 4.79 Å². The van der Waals surface area contributed by atoms with Crippen LogP contribution >= 0.6 is 11.8 Å². The van der Waals surface area contributed by atoms with Gasteiger partial charge in [0.2, 0.25) is 0 Å². The van der Waals surface area contributed by atoms with E-state index < -0.39 is 0 Å². The molecule has 0 atom stereocenters. The third kappa shape index (κ3) is 3.15. The van der Waals surface area contributed by atoms with Gasteiger partial charge >= 0.3 is 5.63 Å². The molecule has 3 nitrogen and oxygen atoms in total. The molecule has 1 heterocycles. The molecule has 0 saturated heterocycles. The van der Waals surface area contributed by atoms with E-state index in [9.17, 15) is 4.79 Å². The van der Waals surface area contributed by atoms with Crippen LogP contribution in [-0.2, 0) is 5.75 Å². The lowest BCUT2D eigenvalue weighted by molar-refractivity contribution is 0.559. The largest absolute Gasteiger partial charge is 0.423 e. The first-order valence-corrected chi connectivity index (χ1v) is 7.17. The van der Waals surface area contributed by atoms with Gasteiger partial charge in [0.1, 0.15) is 5.58 Å². The van der Waals surface area contributed by atoms with Crippen molar-refractivity contribution in [3.05, 3.63) is 45.8 Å². The molecule has 96 valence electrons. The number of aryl methyl sites for hydroxylation is 1. The number of hydrogen-bond acceptors (Lipinski definition) is 4. The number of rotatable bonds is 5. The lowest BCUT2D eigenvalue weighted by Crippen LogP contribution is -2.02. The maximum absolute atomic E-state index is 11.5. The van der Waals surface area contributed by atoms with Gasteiger partial charge in [0.25, 0.3) is 0 Å². The molecule has 0 radical (unpaired) electrons. The Kier molecular flexibility index (Phi) is 4.44. The van der Waals surface area contributed by atoms with Crippen molar-refractivity contribution in [1.82, 2.24) is 0 Å². The Labute approximate surface area is 110 Å². The summed E-state index contributed by atoms with van der Waals surface area (Å²) < 4.78 is 5.23. The van der Waals surface area contributed by atoms with E-state index in [4.69, 9.17) is 10.2 Å². The van der Waals surface area contributed by atoms with Crippen molar-refractivity contribution in [3.63, 3.8) is 0 Å². The molecule has 0 amide bonds. The standard InChI is InChI=1S/C14H17NO2S/c1-10-3-4-12-11(9-18-6-2-5-15)8-14(16)17-13(12)7-10/h3-4,7-8H,2,5-6,9,15H2,1H3. The Morgan fingerprint density at radius 3 is 2.94 bits per heavy atom. The van der Waals surface area contributed by atoms with Crippen LogP contribution in [0.15, 0.2) is 33.5 Å². The summed E-state index contributed by atoms with van der Waals surface area (Å²) in [6.07, 6.45) is 1.00. The van der Waals surface area contributed by atoms with Crippen LogP contribution in [0, 0.1) is 6.92 Å². The van der Waals surface area contributed by atoms with Gasteiger partial charge in [0.05, 0.1) is 0 Å². The van der Waals surface area contributed by atoms with Gasteiger partial charge in [-0.05, 0) is 42.8 Å². The Hall–Kier alpha value is -1.26. The molecule has 0 fully saturated rings. The molecule has 0 spiro atoms. The normalized spacial score (nSPS) is 11.0. The Bertz CT molecular complexity index is 592. The van der Waals surface area contributed by atoms with Crippen molar-refractivity contribution in [2.45, 2.75) is 19.1 Å². The average Bonchev–Trinajstić information content (AvgIpc) is 2.33. The molecule has 0 bridgehead atoms. The highest BCUT2D eigenvalue weighted by Crippen LogP contribution is 2.22. The van der Waals surface area contributed by atoms with Crippen molar-refractivity contribution in [2.24, 2.45) is 5.73 Å². The molecule has 1 aromatic carbocycles. The second kappa shape index (κ2) is 6.07. The van der Waals surface area contributed by atoms with Crippen molar-refractivity contribution >= 4 is 22.7 Å². The molecule has 0 unspecified atom stereocenters. The van der Waals surface area contributed by atoms with E-state index in [2.05, 4.69) is 0 Å². The SMILES string of the molecule is Cc1ccc2c(CSCCCN)cc(=O)oc2c1. The molecule has 18 heavy (non-hydrogen) atoms. The molecule has 0 aliphatic carbocycles. The number of nitrogens with two attached hydrogens (primary N) is 1. The van der Waals surface area contributed by atoms with Gasteiger partial charge in [0, 0.05) is 17.2 Å². The van der Waals surface area contributed by atoms with Gasteiger partial charge in [-0.1, -0.05) is 12.1 Å². The second-order valence-electron chi connectivity index (χ2n) is 4.29. The highest BCUT2D eigenvalue weighted by molar-refractivity contribution is 7.98. The highest BCUT2D eigenvalue weighted by Gasteiger charge is 2.05. The molecule has 2 N–H and O–H groups in total. The summed E-state index contributed by atoms with van der Waals surface area (Å²) in [4.78, 5) is 11.5. The van der Waals surface area contributed by atoms with E-state index in [0.717, 1.165) is 34.4 Å². The molecular weight excluding hydrogens is 246 g/mol. The van der Waals surface area contributed by atoms with Gasteiger partial charge in [-0.2, -0.15) is 11.8 Å². The zero-order valence-electron chi connectivity index (χ0n) is 10.4. The van der Waals surface area contributed by atoms with Crippen LogP contribution in [0.1, 0.15) is 17.5 Å². The average molecular weight is 263 g/mol. The number of benzene rings is 1. The van der Waals surface area contributed by atoms with Crippen LogP contribution in [0.3, 0.4) is 0 Å². The fourth-order valence-electron chi connectivity index (χ4n) is 1.82. The lowest BCUT2D eigenvalue weighted by Gasteiger charge is -2.05.